The van der Waals surface area contributed by atoms with Crippen LogP contribution in [0.25, 0.3) is 11.1 Å². The van der Waals surface area contributed by atoms with Gasteiger partial charge in [0.1, 0.15) is 6.61 Å². The highest BCUT2D eigenvalue weighted by molar-refractivity contribution is 5.80. The summed E-state index contributed by atoms with van der Waals surface area (Å²) in [4.78, 5) is 26.8. The Morgan fingerprint density at radius 2 is 1.58 bits per heavy atom. The average Bonchev–Trinajstić information content (AvgIpc) is 3.03. The molecule has 2 saturated heterocycles. The van der Waals surface area contributed by atoms with Gasteiger partial charge in [-0.15, -0.1) is 0 Å². The molecule has 0 spiro atoms. The molecule has 160 valence electrons. The Bertz CT molecular complexity index is 1020. The fourth-order valence-corrected chi connectivity index (χ4v) is 6.79. The molecule has 2 aromatic rings. The predicted molar refractivity (Wildman–Crippen MR) is 116 cm³/mol. The van der Waals surface area contributed by atoms with Gasteiger partial charge in [0.15, 0.2) is 0 Å². The van der Waals surface area contributed by atoms with E-state index in [0.717, 1.165) is 12.8 Å². The minimum Gasteiger partial charge on any atom is -0.481 e. The fraction of sp³-hybridized carbons (Fsp3) is 0.462. The Morgan fingerprint density at radius 1 is 0.968 bits per heavy atom. The van der Waals surface area contributed by atoms with E-state index in [-0.39, 0.29) is 30.6 Å². The summed E-state index contributed by atoms with van der Waals surface area (Å²) in [6.07, 6.45) is 4.61. The molecule has 2 aromatic carbocycles. The zero-order valence-corrected chi connectivity index (χ0v) is 17.5. The maximum Gasteiger partial charge on any atom is 0.409 e. The summed E-state index contributed by atoms with van der Waals surface area (Å²) in [7, 11) is 0. The lowest BCUT2D eigenvalue weighted by Gasteiger charge is -2.65. The van der Waals surface area contributed by atoms with Crippen molar-refractivity contribution in [1.29, 1.82) is 0 Å². The van der Waals surface area contributed by atoms with E-state index in [2.05, 4.69) is 24.3 Å². The number of piperidine rings is 2. The minimum absolute atomic E-state index is 0.0134. The number of carboxylic acids is 1. The van der Waals surface area contributed by atoms with Crippen LogP contribution in [-0.4, -0.2) is 41.8 Å². The second-order valence-electron chi connectivity index (χ2n) is 10.1. The summed E-state index contributed by atoms with van der Waals surface area (Å²) in [5.41, 5.74) is 3.98. The van der Waals surface area contributed by atoms with Gasteiger partial charge in [0.05, 0.1) is 5.41 Å². The van der Waals surface area contributed by atoms with Gasteiger partial charge in [-0.2, -0.15) is 0 Å². The lowest BCUT2D eigenvalue weighted by atomic mass is 9.43. The summed E-state index contributed by atoms with van der Waals surface area (Å²) >= 11 is 0. The number of fused-ring (bicyclic) bond motifs is 5. The van der Waals surface area contributed by atoms with Gasteiger partial charge in [-0.3, -0.25) is 4.79 Å². The molecule has 4 fully saturated rings. The van der Waals surface area contributed by atoms with Crippen molar-refractivity contribution >= 4 is 12.1 Å². The van der Waals surface area contributed by atoms with Crippen LogP contribution in [0.1, 0.15) is 49.1 Å². The van der Waals surface area contributed by atoms with Crippen LogP contribution in [0.5, 0.6) is 0 Å². The van der Waals surface area contributed by atoms with Crippen molar-refractivity contribution in [3.05, 3.63) is 59.7 Å². The zero-order valence-electron chi connectivity index (χ0n) is 17.5. The van der Waals surface area contributed by atoms with Gasteiger partial charge in [0, 0.05) is 19.0 Å². The molecule has 2 bridgehead atoms. The molecule has 1 amide bonds. The van der Waals surface area contributed by atoms with Gasteiger partial charge >= 0.3 is 12.1 Å². The number of hydrogen-bond acceptors (Lipinski definition) is 3. The van der Waals surface area contributed by atoms with Crippen LogP contribution in [-0.2, 0) is 9.53 Å². The van der Waals surface area contributed by atoms with Gasteiger partial charge in [-0.05, 0) is 59.3 Å². The average molecular weight is 418 g/mol. The predicted octanol–water partition coefficient (Wildman–Crippen LogP) is 4.90. The van der Waals surface area contributed by atoms with Gasteiger partial charge < -0.3 is 14.7 Å². The topological polar surface area (TPSA) is 66.8 Å². The maximum atomic E-state index is 13.1. The monoisotopic (exact) mass is 417 g/mol. The smallest absolute Gasteiger partial charge is 0.409 e. The van der Waals surface area contributed by atoms with Crippen molar-refractivity contribution < 1.29 is 19.4 Å². The Balaban J connectivity index is 1.20. The number of aliphatic carboxylic acids is 1. The molecule has 0 aromatic heterocycles. The molecule has 2 saturated carbocycles. The Labute approximate surface area is 182 Å². The molecule has 0 atom stereocenters. The van der Waals surface area contributed by atoms with Crippen LogP contribution in [0, 0.1) is 16.7 Å². The fourth-order valence-electron chi connectivity index (χ4n) is 6.79. The Morgan fingerprint density at radius 3 is 2.13 bits per heavy atom. The Hall–Kier alpha value is -2.82. The number of carboxylic acid groups (broad SMARTS) is 1. The number of ether oxygens (including phenoxy) is 1. The quantitative estimate of drug-likeness (QED) is 0.768. The normalized spacial score (nSPS) is 28.8. The van der Waals surface area contributed by atoms with E-state index in [4.69, 9.17) is 4.74 Å². The van der Waals surface area contributed by atoms with Crippen LogP contribution in [0.3, 0.4) is 0 Å². The molecule has 2 heterocycles. The number of hydrogen-bond donors (Lipinski definition) is 1. The molecule has 1 N–H and O–H groups in total. The minimum atomic E-state index is -0.778. The van der Waals surface area contributed by atoms with Crippen LogP contribution < -0.4 is 0 Å². The highest BCUT2D eigenvalue weighted by atomic mass is 16.6. The maximum absolute atomic E-state index is 13.1. The van der Waals surface area contributed by atoms with Crippen molar-refractivity contribution in [2.24, 2.45) is 16.7 Å². The van der Waals surface area contributed by atoms with Crippen molar-refractivity contribution in [1.82, 2.24) is 4.90 Å². The van der Waals surface area contributed by atoms with E-state index in [0.29, 0.717) is 25.3 Å². The van der Waals surface area contributed by atoms with Gasteiger partial charge in [-0.25, -0.2) is 4.79 Å². The number of rotatable bonds is 4. The summed E-state index contributed by atoms with van der Waals surface area (Å²) in [5, 5.41) is 9.86. The molecule has 0 unspecified atom stereocenters. The molecule has 3 aliphatic carbocycles. The molecule has 31 heavy (non-hydrogen) atoms. The lowest BCUT2D eigenvalue weighted by molar-refractivity contribution is -0.199. The largest absolute Gasteiger partial charge is 0.481 e. The summed E-state index contributed by atoms with van der Waals surface area (Å²) in [5.74, 6) is -0.188. The third-order valence-corrected chi connectivity index (χ3v) is 8.40. The second kappa shape index (κ2) is 6.59. The molecular formula is C26H27NO4. The summed E-state index contributed by atoms with van der Waals surface area (Å²) in [6, 6.07) is 16.6. The first-order valence-corrected chi connectivity index (χ1v) is 11.3. The van der Waals surface area contributed by atoms with Crippen LogP contribution in [0.15, 0.2) is 48.5 Å². The number of benzene rings is 2. The Kier molecular flexibility index (Phi) is 4.02. The molecule has 5 aliphatic rings. The van der Waals surface area contributed by atoms with E-state index in [1.165, 1.54) is 28.7 Å². The third-order valence-electron chi connectivity index (χ3n) is 8.40. The van der Waals surface area contributed by atoms with E-state index >= 15 is 0 Å². The molecule has 0 radical (unpaired) electrons. The van der Waals surface area contributed by atoms with Crippen LogP contribution >= 0.6 is 0 Å². The van der Waals surface area contributed by atoms with Crippen molar-refractivity contribution in [3.63, 3.8) is 0 Å². The molecular weight excluding hydrogens is 390 g/mol. The van der Waals surface area contributed by atoms with Crippen LogP contribution in [0.2, 0.25) is 0 Å². The highest BCUT2D eigenvalue weighted by Crippen LogP contribution is 2.65. The van der Waals surface area contributed by atoms with E-state index < -0.39 is 11.4 Å². The first kappa shape index (κ1) is 18.9. The first-order chi connectivity index (χ1) is 15.0. The summed E-state index contributed by atoms with van der Waals surface area (Å²) in [6.45, 7) is 1.19. The third kappa shape index (κ3) is 2.68. The number of amides is 1. The van der Waals surface area contributed by atoms with Crippen molar-refractivity contribution in [2.75, 3.05) is 19.7 Å². The van der Waals surface area contributed by atoms with E-state index in [1.54, 1.807) is 4.90 Å². The SMILES string of the molecule is O=C(OCC1c2ccccc2-c2ccccc21)N1CC2(C(=O)O)CC(C3CCC3)(C1)C2. The van der Waals surface area contributed by atoms with Crippen molar-refractivity contribution in [3.8, 4) is 11.1 Å². The highest BCUT2D eigenvalue weighted by Gasteiger charge is 2.67. The molecule has 5 heteroatoms. The van der Waals surface area contributed by atoms with E-state index in [1.807, 2.05) is 24.3 Å². The van der Waals surface area contributed by atoms with Gasteiger partial charge in [0.25, 0.3) is 0 Å². The molecule has 2 aliphatic heterocycles. The number of carbonyl (C=O) groups excluding carboxylic acids is 1. The number of nitrogens with zero attached hydrogens (tertiary/aromatic N) is 1. The van der Waals surface area contributed by atoms with Crippen molar-refractivity contribution in [2.45, 2.75) is 38.0 Å². The first-order valence-electron chi connectivity index (χ1n) is 11.3. The molecule has 7 rings (SSSR count). The second-order valence-corrected chi connectivity index (χ2v) is 10.1. The zero-order chi connectivity index (χ0) is 21.2. The summed E-state index contributed by atoms with van der Waals surface area (Å²) < 4.78 is 5.84. The number of carbonyl (C=O) groups is 2. The lowest BCUT2D eigenvalue weighted by Crippen LogP contribution is -2.69. The van der Waals surface area contributed by atoms with Gasteiger partial charge in [-0.1, -0.05) is 55.0 Å². The van der Waals surface area contributed by atoms with E-state index in [9.17, 15) is 14.7 Å². The van der Waals surface area contributed by atoms with Gasteiger partial charge in [0.2, 0.25) is 0 Å². The molecule has 5 nitrogen and oxygen atoms in total. The van der Waals surface area contributed by atoms with Crippen LogP contribution in [0.4, 0.5) is 4.79 Å². The standard InChI is InChI=1S/C26H27NO4/c28-23(29)26-13-25(14-26,17-6-5-7-17)15-27(16-26)24(30)31-12-22-20-10-3-1-8-18(20)19-9-2-4-11-21(19)22/h1-4,8-11,17,22H,5-7,12-16H2,(H,28,29).